The Morgan fingerprint density at radius 2 is 2.00 bits per heavy atom. The van der Waals surface area contributed by atoms with Crippen molar-refractivity contribution >= 4 is 0 Å². The molecule has 3 N–H and O–H groups in total. The van der Waals surface area contributed by atoms with Gasteiger partial charge >= 0.3 is 0 Å². The number of nitrogens with one attached hydrogen (secondary N) is 2. The molecule has 3 nitrogen and oxygen atoms in total. The minimum Gasteiger partial charge on any atom is -0.385 e. The highest BCUT2D eigenvalue weighted by Gasteiger charge is 2.59. The number of hydrogen-bond donors (Lipinski definition) is 3. The van der Waals surface area contributed by atoms with Gasteiger partial charge in [-0.2, -0.15) is 0 Å². The maximum Gasteiger partial charge on any atom is 0.275 e. The largest absolute Gasteiger partial charge is 0.385 e. The van der Waals surface area contributed by atoms with Crippen molar-refractivity contribution in [3.05, 3.63) is 35.9 Å². The minimum atomic E-state index is -3.01. The van der Waals surface area contributed by atoms with E-state index in [0.717, 1.165) is 18.5 Å². The smallest absolute Gasteiger partial charge is 0.275 e. The molecule has 116 valence electrons. The van der Waals surface area contributed by atoms with Crippen LogP contribution in [-0.4, -0.2) is 35.3 Å². The van der Waals surface area contributed by atoms with E-state index < -0.39 is 17.6 Å². The first-order chi connectivity index (χ1) is 10.0. The quantitative estimate of drug-likeness (QED) is 0.800. The number of piperidine rings is 1. The van der Waals surface area contributed by atoms with Crippen molar-refractivity contribution in [1.82, 2.24) is 10.6 Å². The number of fused-ring (bicyclic) bond motifs is 1. The standard InChI is InChI=1S/C16H22F2N2O/c17-16(18)9-7-13-15(14(16)21,8-4-10-19-13)20-11-12-5-2-1-3-6-12/h1-3,5-6,13-14,19-21H,4,7-11H2/t13-,14-,15-/m1/s1. The van der Waals surface area contributed by atoms with Gasteiger partial charge in [0, 0.05) is 19.0 Å². The van der Waals surface area contributed by atoms with Crippen LogP contribution in [0.1, 0.15) is 31.2 Å². The summed E-state index contributed by atoms with van der Waals surface area (Å²) in [6, 6.07) is 9.61. The third-order valence-corrected chi connectivity index (χ3v) is 4.90. The van der Waals surface area contributed by atoms with Crippen LogP contribution in [0.5, 0.6) is 0 Å². The molecule has 0 spiro atoms. The lowest BCUT2D eigenvalue weighted by molar-refractivity contribution is -0.184. The predicted octanol–water partition coefficient (Wildman–Crippen LogP) is 2.06. The Bertz CT molecular complexity index is 482. The number of benzene rings is 1. The fraction of sp³-hybridized carbons (Fsp3) is 0.625. The molecule has 1 aliphatic heterocycles. The van der Waals surface area contributed by atoms with Gasteiger partial charge in [0.2, 0.25) is 0 Å². The summed E-state index contributed by atoms with van der Waals surface area (Å²) in [5, 5.41) is 16.9. The van der Waals surface area contributed by atoms with Gasteiger partial charge in [0.05, 0.1) is 5.54 Å². The second kappa shape index (κ2) is 5.63. The molecule has 3 rings (SSSR count). The summed E-state index contributed by atoms with van der Waals surface area (Å²) in [4.78, 5) is 0. The normalized spacial score (nSPS) is 35.2. The van der Waals surface area contributed by atoms with E-state index >= 15 is 0 Å². The molecule has 0 unspecified atom stereocenters. The number of alkyl halides is 2. The van der Waals surface area contributed by atoms with Crippen LogP contribution in [0.4, 0.5) is 8.78 Å². The van der Waals surface area contributed by atoms with Gasteiger partial charge in [-0.3, -0.25) is 0 Å². The summed E-state index contributed by atoms with van der Waals surface area (Å²) in [6.07, 6.45) is -0.119. The number of hydrogen-bond acceptors (Lipinski definition) is 3. The van der Waals surface area contributed by atoms with E-state index in [4.69, 9.17) is 0 Å². The van der Waals surface area contributed by atoms with Crippen molar-refractivity contribution in [1.29, 1.82) is 0 Å². The summed E-state index contributed by atoms with van der Waals surface area (Å²) in [5.41, 5.74) is 0.104. The van der Waals surface area contributed by atoms with Crippen molar-refractivity contribution in [2.45, 2.75) is 55.8 Å². The lowest BCUT2D eigenvalue weighted by Gasteiger charge is -2.53. The van der Waals surface area contributed by atoms with E-state index in [-0.39, 0.29) is 12.5 Å². The summed E-state index contributed by atoms with van der Waals surface area (Å²) < 4.78 is 28.0. The predicted molar refractivity (Wildman–Crippen MR) is 77.2 cm³/mol. The zero-order valence-corrected chi connectivity index (χ0v) is 12.0. The first-order valence-corrected chi connectivity index (χ1v) is 7.63. The molecule has 2 aliphatic rings. The third kappa shape index (κ3) is 2.70. The van der Waals surface area contributed by atoms with Crippen LogP contribution in [0.3, 0.4) is 0 Å². The zero-order chi connectivity index (χ0) is 14.9. The zero-order valence-electron chi connectivity index (χ0n) is 12.0. The van der Waals surface area contributed by atoms with Crippen LogP contribution in [0.2, 0.25) is 0 Å². The average Bonchev–Trinajstić information content (AvgIpc) is 2.51. The Kier molecular flexibility index (Phi) is 3.99. The van der Waals surface area contributed by atoms with E-state index in [0.29, 0.717) is 19.4 Å². The topological polar surface area (TPSA) is 44.3 Å². The highest BCUT2D eigenvalue weighted by molar-refractivity contribution is 5.18. The van der Waals surface area contributed by atoms with Crippen molar-refractivity contribution < 1.29 is 13.9 Å². The van der Waals surface area contributed by atoms with Crippen LogP contribution >= 0.6 is 0 Å². The number of halogens is 2. The first-order valence-electron chi connectivity index (χ1n) is 7.63. The third-order valence-electron chi connectivity index (χ3n) is 4.90. The molecule has 1 heterocycles. The van der Waals surface area contributed by atoms with Crippen molar-refractivity contribution in [3.8, 4) is 0 Å². The molecule has 0 aromatic heterocycles. The Labute approximate surface area is 123 Å². The van der Waals surface area contributed by atoms with Crippen molar-refractivity contribution in [2.24, 2.45) is 0 Å². The number of aliphatic hydroxyl groups is 1. The molecule has 21 heavy (non-hydrogen) atoms. The van der Waals surface area contributed by atoms with Crippen LogP contribution in [0, 0.1) is 0 Å². The monoisotopic (exact) mass is 296 g/mol. The van der Waals surface area contributed by atoms with Crippen LogP contribution in [-0.2, 0) is 6.54 Å². The van der Waals surface area contributed by atoms with E-state index in [1.807, 2.05) is 30.3 Å². The number of aliphatic hydroxyl groups excluding tert-OH is 1. The Morgan fingerprint density at radius 1 is 1.24 bits per heavy atom. The van der Waals surface area contributed by atoms with Gasteiger partial charge in [-0.05, 0) is 31.4 Å². The van der Waals surface area contributed by atoms with Crippen LogP contribution < -0.4 is 10.6 Å². The van der Waals surface area contributed by atoms with Gasteiger partial charge in [0.15, 0.2) is 0 Å². The van der Waals surface area contributed by atoms with Gasteiger partial charge < -0.3 is 15.7 Å². The highest BCUT2D eigenvalue weighted by atomic mass is 19.3. The molecule has 0 amide bonds. The summed E-state index contributed by atoms with van der Waals surface area (Å²) in [5.74, 6) is -3.01. The first kappa shape index (κ1) is 14.9. The highest BCUT2D eigenvalue weighted by Crippen LogP contribution is 2.43. The molecule has 0 radical (unpaired) electrons. The molecule has 3 atom stereocenters. The van der Waals surface area contributed by atoms with Gasteiger partial charge in [-0.25, -0.2) is 8.78 Å². The van der Waals surface area contributed by atoms with Gasteiger partial charge in [0.25, 0.3) is 5.92 Å². The Hall–Kier alpha value is -1.04. The van der Waals surface area contributed by atoms with Crippen LogP contribution in [0.25, 0.3) is 0 Å². The van der Waals surface area contributed by atoms with E-state index in [9.17, 15) is 13.9 Å². The molecule has 1 saturated carbocycles. The maximum atomic E-state index is 14.0. The molecule has 1 saturated heterocycles. The fourth-order valence-corrected chi connectivity index (χ4v) is 3.72. The van der Waals surface area contributed by atoms with E-state index in [1.165, 1.54) is 0 Å². The average molecular weight is 296 g/mol. The summed E-state index contributed by atoms with van der Waals surface area (Å²) in [6.45, 7) is 1.32. The van der Waals surface area contributed by atoms with Gasteiger partial charge in [-0.1, -0.05) is 30.3 Å². The molecule has 1 aromatic rings. The van der Waals surface area contributed by atoms with Gasteiger partial charge in [0.1, 0.15) is 6.10 Å². The molecule has 1 aliphatic carbocycles. The second-order valence-electron chi connectivity index (χ2n) is 6.19. The molecular weight excluding hydrogens is 274 g/mol. The Balaban J connectivity index is 1.82. The molecule has 1 aromatic carbocycles. The second-order valence-corrected chi connectivity index (χ2v) is 6.19. The molecule has 2 fully saturated rings. The maximum absolute atomic E-state index is 14.0. The minimum absolute atomic E-state index is 0.0930. The van der Waals surface area contributed by atoms with Crippen molar-refractivity contribution in [2.75, 3.05) is 6.54 Å². The lowest BCUT2D eigenvalue weighted by Crippen LogP contribution is -2.74. The van der Waals surface area contributed by atoms with Crippen molar-refractivity contribution in [3.63, 3.8) is 0 Å². The molecule has 0 bridgehead atoms. The molecular formula is C16H22F2N2O. The van der Waals surface area contributed by atoms with Gasteiger partial charge in [-0.15, -0.1) is 0 Å². The lowest BCUT2D eigenvalue weighted by atomic mass is 9.68. The fourth-order valence-electron chi connectivity index (χ4n) is 3.72. The summed E-state index contributed by atoms with van der Waals surface area (Å²) in [7, 11) is 0. The number of rotatable bonds is 3. The van der Waals surface area contributed by atoms with Crippen LogP contribution in [0.15, 0.2) is 30.3 Å². The van der Waals surface area contributed by atoms with E-state index in [1.54, 1.807) is 0 Å². The SMILES string of the molecule is O[C@H]1C(F)(F)CC[C@H]2NCCC[C@@]21NCc1ccccc1. The Morgan fingerprint density at radius 3 is 2.76 bits per heavy atom. The van der Waals surface area contributed by atoms with E-state index in [2.05, 4.69) is 10.6 Å². The summed E-state index contributed by atoms with van der Waals surface area (Å²) >= 11 is 0. The molecule has 5 heteroatoms.